The summed E-state index contributed by atoms with van der Waals surface area (Å²) in [6.07, 6.45) is 0. The molecular weight excluding hydrogens is 160 g/mol. The molecule has 4 N–H and O–H groups in total. The summed E-state index contributed by atoms with van der Waals surface area (Å²) in [6, 6.07) is 1.99. The number of anilines is 2. The number of thiophene rings is 1. The Balaban J connectivity index is 2.64. The third-order valence-electron chi connectivity index (χ3n) is 1.44. The van der Waals surface area contributed by atoms with Crippen molar-refractivity contribution in [3.8, 4) is 0 Å². The number of rotatable bonds is 1. The Hall–Kier alpha value is -1.23. The Kier molecular flexibility index (Phi) is 1.25. The minimum atomic E-state index is 0.480. The van der Waals surface area contributed by atoms with E-state index in [2.05, 4.69) is 15.3 Å². The number of nitrogens with one attached hydrogen (secondary N) is 2. The smallest absolute Gasteiger partial charge is 0.199 e. The van der Waals surface area contributed by atoms with E-state index in [0.717, 1.165) is 15.3 Å². The number of nitrogens with two attached hydrogens (primary N) is 1. The van der Waals surface area contributed by atoms with Gasteiger partial charge in [0.15, 0.2) is 5.95 Å². The maximum absolute atomic E-state index is 5.45. The van der Waals surface area contributed by atoms with E-state index in [1.165, 1.54) is 0 Å². The van der Waals surface area contributed by atoms with Gasteiger partial charge in [-0.25, -0.2) is 4.98 Å². The van der Waals surface area contributed by atoms with Gasteiger partial charge >= 0.3 is 0 Å². The van der Waals surface area contributed by atoms with Gasteiger partial charge in [-0.05, 0) is 6.07 Å². The summed E-state index contributed by atoms with van der Waals surface area (Å²) in [6.45, 7) is 0. The quantitative estimate of drug-likeness (QED) is 0.600. The Morgan fingerprint density at radius 3 is 3.18 bits per heavy atom. The molecule has 0 atom stereocenters. The van der Waals surface area contributed by atoms with Crippen molar-refractivity contribution in [2.75, 3.05) is 18.1 Å². The van der Waals surface area contributed by atoms with E-state index in [-0.39, 0.29) is 0 Å². The second kappa shape index (κ2) is 2.13. The molecule has 0 unspecified atom stereocenters. The van der Waals surface area contributed by atoms with Crippen molar-refractivity contribution in [1.29, 1.82) is 0 Å². The predicted molar refractivity (Wildman–Crippen MR) is 47.9 cm³/mol. The molecule has 2 heterocycles. The molecule has 0 saturated carbocycles. The van der Waals surface area contributed by atoms with E-state index >= 15 is 0 Å². The highest BCUT2D eigenvalue weighted by atomic mass is 32.1. The average molecular weight is 168 g/mol. The predicted octanol–water partition coefficient (Wildman–Crippen LogP) is 1.25. The first-order valence-corrected chi connectivity index (χ1v) is 4.04. The number of fused-ring (bicyclic) bond motifs is 1. The summed E-state index contributed by atoms with van der Waals surface area (Å²) in [5, 5.41) is 4.14. The minimum Gasteiger partial charge on any atom is -0.380 e. The zero-order valence-electron chi connectivity index (χ0n) is 6.01. The number of aromatic amines is 1. The molecule has 4 nitrogen and oxygen atoms in total. The molecule has 11 heavy (non-hydrogen) atoms. The van der Waals surface area contributed by atoms with Gasteiger partial charge in [-0.3, -0.25) is 0 Å². The number of aromatic nitrogens is 2. The van der Waals surface area contributed by atoms with E-state index in [0.29, 0.717) is 5.95 Å². The van der Waals surface area contributed by atoms with Gasteiger partial charge in [-0.15, -0.1) is 0 Å². The number of hydrogen-bond donors (Lipinski definition) is 3. The first kappa shape index (κ1) is 6.48. The van der Waals surface area contributed by atoms with E-state index < -0.39 is 0 Å². The van der Waals surface area contributed by atoms with Gasteiger partial charge in [0.05, 0.1) is 10.5 Å². The summed E-state index contributed by atoms with van der Waals surface area (Å²) in [5.74, 6) is 0.480. The Labute approximate surface area is 67.4 Å². The Morgan fingerprint density at radius 2 is 2.55 bits per heavy atom. The molecule has 0 aliphatic rings. The topological polar surface area (TPSA) is 66.7 Å². The van der Waals surface area contributed by atoms with Crippen LogP contribution in [0.4, 0.5) is 10.9 Å². The largest absolute Gasteiger partial charge is 0.380 e. The summed E-state index contributed by atoms with van der Waals surface area (Å²) in [5.41, 5.74) is 6.44. The first-order chi connectivity index (χ1) is 5.29. The zero-order chi connectivity index (χ0) is 7.84. The molecule has 2 aromatic rings. The number of hydrogen-bond acceptors (Lipinski definition) is 4. The van der Waals surface area contributed by atoms with Gasteiger partial charge in [-0.1, -0.05) is 11.3 Å². The van der Waals surface area contributed by atoms with Crippen LogP contribution in [0.1, 0.15) is 0 Å². The third kappa shape index (κ3) is 0.932. The fraction of sp³-hybridized carbons (Fsp3) is 0.167. The van der Waals surface area contributed by atoms with Crippen LogP contribution in [0.25, 0.3) is 10.3 Å². The number of nitrogen functional groups attached to an aromatic ring is 1. The maximum atomic E-state index is 5.45. The standard InChI is InChI=1S/C6H8N4S/c1-8-4-2-3-5(11-4)10-6(7)9-3/h2,8H,1H3,(H3,7,9,10). The van der Waals surface area contributed by atoms with Gasteiger partial charge < -0.3 is 16.0 Å². The van der Waals surface area contributed by atoms with E-state index in [9.17, 15) is 0 Å². The van der Waals surface area contributed by atoms with Crippen molar-refractivity contribution in [1.82, 2.24) is 9.97 Å². The third-order valence-corrected chi connectivity index (χ3v) is 2.49. The van der Waals surface area contributed by atoms with Crippen LogP contribution in [0.15, 0.2) is 6.07 Å². The van der Waals surface area contributed by atoms with Crippen LogP contribution in [-0.2, 0) is 0 Å². The van der Waals surface area contributed by atoms with E-state index in [4.69, 9.17) is 5.73 Å². The molecule has 0 aromatic carbocycles. The molecule has 0 saturated heterocycles. The van der Waals surface area contributed by atoms with Crippen molar-refractivity contribution in [2.24, 2.45) is 0 Å². The highest BCUT2D eigenvalue weighted by molar-refractivity contribution is 7.22. The lowest BCUT2D eigenvalue weighted by Gasteiger charge is -1.87. The van der Waals surface area contributed by atoms with E-state index in [1.807, 2.05) is 13.1 Å². The molecule has 0 aliphatic carbocycles. The van der Waals surface area contributed by atoms with Crippen LogP contribution in [0, 0.1) is 0 Å². The van der Waals surface area contributed by atoms with Crippen LogP contribution in [0.2, 0.25) is 0 Å². The van der Waals surface area contributed by atoms with Gasteiger partial charge in [0.25, 0.3) is 0 Å². The minimum absolute atomic E-state index is 0.480. The molecule has 0 bridgehead atoms. The summed E-state index contributed by atoms with van der Waals surface area (Å²) >= 11 is 1.58. The molecule has 0 aliphatic heterocycles. The maximum Gasteiger partial charge on any atom is 0.199 e. The van der Waals surface area contributed by atoms with Crippen LogP contribution in [0.5, 0.6) is 0 Å². The van der Waals surface area contributed by atoms with Crippen molar-refractivity contribution < 1.29 is 0 Å². The van der Waals surface area contributed by atoms with Crippen molar-refractivity contribution >= 4 is 32.6 Å². The molecule has 58 valence electrons. The van der Waals surface area contributed by atoms with Crippen molar-refractivity contribution in [3.63, 3.8) is 0 Å². The van der Waals surface area contributed by atoms with E-state index in [1.54, 1.807) is 11.3 Å². The monoisotopic (exact) mass is 168 g/mol. The lowest BCUT2D eigenvalue weighted by Crippen LogP contribution is -1.85. The normalized spacial score (nSPS) is 10.6. The van der Waals surface area contributed by atoms with Crippen LogP contribution in [-0.4, -0.2) is 17.0 Å². The fourth-order valence-electron chi connectivity index (χ4n) is 0.953. The summed E-state index contributed by atoms with van der Waals surface area (Å²) in [7, 11) is 1.88. The molecule has 0 spiro atoms. The van der Waals surface area contributed by atoms with Crippen molar-refractivity contribution in [3.05, 3.63) is 6.07 Å². The van der Waals surface area contributed by atoms with Crippen LogP contribution >= 0.6 is 11.3 Å². The number of imidazole rings is 1. The van der Waals surface area contributed by atoms with Gasteiger partial charge in [0.2, 0.25) is 0 Å². The highest BCUT2D eigenvalue weighted by Crippen LogP contribution is 2.27. The molecule has 0 fully saturated rings. The molecule has 0 radical (unpaired) electrons. The van der Waals surface area contributed by atoms with Gasteiger partial charge in [0, 0.05) is 7.05 Å². The fourth-order valence-corrected chi connectivity index (χ4v) is 1.80. The molecule has 0 amide bonds. The lowest BCUT2D eigenvalue weighted by atomic mass is 10.5. The number of H-pyrrole nitrogens is 1. The SMILES string of the molecule is CNc1cc2[nH]c(N)nc2s1. The number of nitrogens with zero attached hydrogens (tertiary/aromatic N) is 1. The zero-order valence-corrected chi connectivity index (χ0v) is 6.83. The molecule has 5 heteroatoms. The van der Waals surface area contributed by atoms with Crippen molar-refractivity contribution in [2.45, 2.75) is 0 Å². The van der Waals surface area contributed by atoms with Gasteiger partial charge in [-0.2, -0.15) is 0 Å². The Morgan fingerprint density at radius 1 is 1.73 bits per heavy atom. The molecule has 2 aromatic heterocycles. The van der Waals surface area contributed by atoms with Crippen LogP contribution < -0.4 is 11.1 Å². The highest BCUT2D eigenvalue weighted by Gasteiger charge is 2.03. The second-order valence-electron chi connectivity index (χ2n) is 2.20. The summed E-state index contributed by atoms with van der Waals surface area (Å²) in [4.78, 5) is 7.98. The molecular formula is C6H8N4S. The second-order valence-corrected chi connectivity index (χ2v) is 3.23. The Bertz CT molecular complexity index is 343. The lowest BCUT2D eigenvalue weighted by molar-refractivity contribution is 1.36. The first-order valence-electron chi connectivity index (χ1n) is 3.22. The summed E-state index contributed by atoms with van der Waals surface area (Å²) < 4.78 is 0. The molecule has 2 rings (SSSR count). The van der Waals surface area contributed by atoms with Crippen LogP contribution in [0.3, 0.4) is 0 Å². The average Bonchev–Trinajstić information content (AvgIpc) is 2.43. The van der Waals surface area contributed by atoms with Gasteiger partial charge in [0.1, 0.15) is 4.83 Å².